The van der Waals surface area contributed by atoms with Gasteiger partial charge in [0, 0.05) is 163 Å². The number of amides is 2. The maximum Gasteiger partial charge on any atom is 0.317 e. The standard InChI is InChI=1S/2C30H38N8O.C24H27N7.C6H13NO2/c2*1-4-36(5-2)19-28(39)37-15-13-25-21(18-37)8-11-27(33-25)34-30-32-16-24-23-12-14-31-17-26(23)38(29(24)35-30)22-9-6-20(3)7-10-22;1-15-2-5-17(6-3-15)31-21-14-26-10-8-18(21)19-13-27-24(30-23(19)31)29-22-7-4-16-12-25-11-9-20(16)28-22;1-3-7(4-2)5-6(8)9/h2*8,11-12,14,16-17,20,22H,4-7,9-10,13,15,18-19H2,1-3H3,(H,32,33,34,35);4,7-8,10,13-15,17,25H,2-3,5-6,9,11-12H2,1H3,(H,27,28,29,30);3-5H2,1-2H3,(H,8,9). The van der Waals surface area contributed by atoms with E-state index in [1.165, 1.54) is 62.3 Å². The molecule has 2 amide bonds. The molecule has 0 radical (unpaired) electrons. The predicted molar refractivity (Wildman–Crippen MR) is 466 cm³/mol. The summed E-state index contributed by atoms with van der Waals surface area (Å²) in [5.41, 5.74) is 13.0. The number of carboxylic acid groups (broad SMARTS) is 1. The van der Waals surface area contributed by atoms with E-state index in [4.69, 9.17) is 35.0 Å². The lowest BCUT2D eigenvalue weighted by atomic mass is 9.87. The SMILES string of the molecule is CC1CCC(n2c3cnccc3c3cnc(Nc4ccc5c(n4)CCNC5)nc32)CC1.CCN(CC)CC(=O)N1CCc2nc(Nc3ncc4c5ccncc5n(C5CCC(C)CC5)c4n3)ccc2C1.CCN(CC)CC(=O)N1CCc2nc(Nc3ncc4c5ccncc5n(C5CCC(C)CC5)c4n3)ccc2C1.CCN(CC)CC(=O)O. The van der Waals surface area contributed by atoms with E-state index in [9.17, 15) is 14.4 Å². The average molecular weight is 1600 g/mol. The number of carbonyl (C=O) groups excluding carboxylic acids is 2. The molecule has 0 atom stereocenters. The fourth-order valence-electron chi connectivity index (χ4n) is 18.1. The van der Waals surface area contributed by atoms with E-state index in [-0.39, 0.29) is 18.4 Å². The predicted octanol–water partition coefficient (Wildman–Crippen LogP) is 15.1. The Labute approximate surface area is 690 Å². The van der Waals surface area contributed by atoms with Gasteiger partial charge in [-0.15, -0.1) is 0 Å². The maximum atomic E-state index is 12.8. The Bertz CT molecular complexity index is 5270. The third-order valence-electron chi connectivity index (χ3n) is 25.3. The van der Waals surface area contributed by atoms with E-state index in [0.717, 1.165) is 221 Å². The summed E-state index contributed by atoms with van der Waals surface area (Å²) in [5, 5.41) is 28.4. The molecule has 12 aromatic heterocycles. The van der Waals surface area contributed by atoms with Crippen molar-refractivity contribution < 1.29 is 19.5 Å². The molecule has 620 valence electrons. The van der Waals surface area contributed by atoms with Crippen LogP contribution in [0.2, 0.25) is 0 Å². The summed E-state index contributed by atoms with van der Waals surface area (Å²) in [6, 6.07) is 19.7. The smallest absolute Gasteiger partial charge is 0.317 e. The number of nitrogens with one attached hydrogen (secondary N) is 4. The number of carbonyl (C=O) groups is 3. The van der Waals surface area contributed by atoms with Crippen molar-refractivity contribution in [1.29, 1.82) is 0 Å². The van der Waals surface area contributed by atoms with Crippen LogP contribution < -0.4 is 21.3 Å². The zero-order valence-corrected chi connectivity index (χ0v) is 70.2. The lowest BCUT2D eigenvalue weighted by Gasteiger charge is -2.30. The van der Waals surface area contributed by atoms with Crippen LogP contribution in [0.1, 0.15) is 191 Å². The normalized spacial score (nSPS) is 19.3. The Balaban J connectivity index is 0.000000132. The second kappa shape index (κ2) is 37.9. The van der Waals surface area contributed by atoms with Crippen LogP contribution in [0.15, 0.2) is 110 Å². The third-order valence-corrected chi connectivity index (χ3v) is 25.3. The minimum Gasteiger partial charge on any atom is -0.480 e. The number of fused-ring (bicyclic) bond motifs is 12. The molecular formula is C90H116N24O4. The number of carboxylic acids is 1. The molecule has 0 unspecified atom stereocenters. The molecule has 0 saturated heterocycles. The van der Waals surface area contributed by atoms with Gasteiger partial charge in [0.05, 0.1) is 54.8 Å². The van der Waals surface area contributed by atoms with Crippen LogP contribution in [0.5, 0.6) is 0 Å². The Morgan fingerprint density at radius 2 is 0.737 bits per heavy atom. The van der Waals surface area contributed by atoms with E-state index < -0.39 is 5.97 Å². The third kappa shape index (κ3) is 18.7. The van der Waals surface area contributed by atoms with Gasteiger partial charge in [0.1, 0.15) is 34.4 Å². The van der Waals surface area contributed by atoms with Gasteiger partial charge in [-0.25, -0.2) is 29.9 Å². The molecule has 15 heterocycles. The highest BCUT2D eigenvalue weighted by Crippen LogP contribution is 2.43. The molecule has 28 heteroatoms. The van der Waals surface area contributed by atoms with Gasteiger partial charge in [0.25, 0.3) is 0 Å². The van der Waals surface area contributed by atoms with Gasteiger partial charge in [-0.2, -0.15) is 15.0 Å². The average Bonchev–Trinajstić information content (AvgIpc) is 1.61. The number of nitrogens with zero attached hydrogens (tertiary/aromatic N) is 20. The van der Waals surface area contributed by atoms with Crippen LogP contribution in [0.3, 0.4) is 0 Å². The fourth-order valence-corrected chi connectivity index (χ4v) is 18.1. The van der Waals surface area contributed by atoms with Crippen molar-refractivity contribution in [3.05, 3.63) is 144 Å². The first-order valence-electron chi connectivity index (χ1n) is 43.3. The molecule has 3 aliphatic carbocycles. The lowest BCUT2D eigenvalue weighted by molar-refractivity contribution is -0.138. The highest BCUT2D eigenvalue weighted by Gasteiger charge is 2.31. The number of aromatic nitrogens is 15. The Kier molecular flexibility index (Phi) is 26.4. The van der Waals surface area contributed by atoms with Crippen molar-refractivity contribution in [1.82, 2.24) is 103 Å². The summed E-state index contributed by atoms with van der Waals surface area (Å²) >= 11 is 0. The van der Waals surface area contributed by atoms with Gasteiger partial charge in [0.15, 0.2) is 0 Å². The number of aliphatic carboxylic acids is 1. The first-order valence-corrected chi connectivity index (χ1v) is 43.3. The van der Waals surface area contributed by atoms with Crippen LogP contribution in [0.25, 0.3) is 65.8 Å². The number of anilines is 6. The van der Waals surface area contributed by atoms with Crippen LogP contribution in [-0.2, 0) is 53.3 Å². The second-order valence-corrected chi connectivity index (χ2v) is 32.9. The van der Waals surface area contributed by atoms with Gasteiger partial charge in [0.2, 0.25) is 29.7 Å². The summed E-state index contributed by atoms with van der Waals surface area (Å²) in [6.07, 6.45) is 34.1. The summed E-state index contributed by atoms with van der Waals surface area (Å²) < 4.78 is 7.18. The number of rotatable bonds is 21. The Hall–Kier alpha value is -10.8. The molecule has 12 aromatic rings. The molecule has 0 aromatic carbocycles. The van der Waals surface area contributed by atoms with E-state index >= 15 is 0 Å². The van der Waals surface area contributed by atoms with Crippen LogP contribution >= 0.6 is 0 Å². The monoisotopic (exact) mass is 1600 g/mol. The van der Waals surface area contributed by atoms with Gasteiger partial charge >= 0.3 is 5.97 Å². The quantitative estimate of drug-likeness (QED) is 0.0446. The molecule has 0 spiro atoms. The van der Waals surface area contributed by atoms with Crippen molar-refractivity contribution in [2.75, 3.05) is 94.5 Å². The number of likely N-dealkylation sites (N-methyl/N-ethyl adjacent to an activating group) is 3. The van der Waals surface area contributed by atoms with Crippen LogP contribution in [0, 0.1) is 17.8 Å². The molecule has 6 aliphatic rings. The zero-order valence-electron chi connectivity index (χ0n) is 70.2. The van der Waals surface area contributed by atoms with E-state index in [1.807, 2.05) is 103 Å². The number of hydrogen-bond donors (Lipinski definition) is 5. The highest BCUT2D eigenvalue weighted by atomic mass is 16.4. The largest absolute Gasteiger partial charge is 0.480 e. The summed E-state index contributed by atoms with van der Waals surface area (Å²) in [7, 11) is 0. The molecular weight excluding hydrogens is 1480 g/mol. The lowest BCUT2D eigenvalue weighted by Crippen LogP contribution is -2.42. The van der Waals surface area contributed by atoms with E-state index in [2.05, 4.69) is 160 Å². The minimum absolute atomic E-state index is 0.160. The molecule has 18 rings (SSSR count). The van der Waals surface area contributed by atoms with Crippen molar-refractivity contribution in [3.8, 4) is 0 Å². The van der Waals surface area contributed by atoms with Gasteiger partial charge in [-0.1, -0.05) is 80.5 Å². The molecule has 3 fully saturated rings. The van der Waals surface area contributed by atoms with Crippen molar-refractivity contribution in [2.45, 2.75) is 196 Å². The first-order chi connectivity index (χ1) is 57.5. The summed E-state index contributed by atoms with van der Waals surface area (Å²) in [4.78, 5) is 103. The fraction of sp³-hybridized carbons (Fsp3) is 0.500. The highest BCUT2D eigenvalue weighted by molar-refractivity contribution is 6.08. The number of hydrogen-bond acceptors (Lipinski definition) is 22. The molecule has 0 bridgehead atoms. The van der Waals surface area contributed by atoms with Crippen molar-refractivity contribution in [3.63, 3.8) is 0 Å². The zero-order chi connectivity index (χ0) is 81.9. The molecule has 3 saturated carbocycles. The Morgan fingerprint density at radius 3 is 1.07 bits per heavy atom. The van der Waals surface area contributed by atoms with Crippen molar-refractivity contribution in [2.24, 2.45) is 17.8 Å². The second-order valence-electron chi connectivity index (χ2n) is 32.9. The van der Waals surface area contributed by atoms with Crippen molar-refractivity contribution >= 4 is 119 Å². The summed E-state index contributed by atoms with van der Waals surface area (Å²) in [5.74, 6) is 5.93. The first kappa shape index (κ1) is 82.3. The summed E-state index contributed by atoms with van der Waals surface area (Å²) in [6.45, 7) is 30.1. The maximum absolute atomic E-state index is 12.8. The number of pyridine rings is 6. The Morgan fingerprint density at radius 1 is 0.407 bits per heavy atom. The molecule has 28 nitrogen and oxygen atoms in total. The topological polar surface area (TPSA) is 305 Å². The molecule has 3 aliphatic heterocycles. The molecule has 5 N–H and O–H groups in total. The van der Waals surface area contributed by atoms with Crippen LogP contribution in [0.4, 0.5) is 35.3 Å². The van der Waals surface area contributed by atoms with Gasteiger partial charge in [-0.3, -0.25) is 44.0 Å². The van der Waals surface area contributed by atoms with Crippen LogP contribution in [-0.4, -0.2) is 199 Å². The van der Waals surface area contributed by atoms with Gasteiger partial charge < -0.3 is 49.9 Å². The van der Waals surface area contributed by atoms with E-state index in [0.29, 0.717) is 75.2 Å². The minimum atomic E-state index is -0.751. The van der Waals surface area contributed by atoms with E-state index in [1.54, 1.807) is 0 Å². The van der Waals surface area contributed by atoms with Gasteiger partial charge in [-0.05, 0) is 187 Å². The molecule has 118 heavy (non-hydrogen) atoms.